The van der Waals surface area contributed by atoms with Crippen LogP contribution in [0.3, 0.4) is 0 Å². The fourth-order valence-corrected chi connectivity index (χ4v) is 3.55. The van der Waals surface area contributed by atoms with E-state index in [0.29, 0.717) is 12.8 Å². The molecule has 0 heterocycles. The molecule has 7 heteroatoms. The highest BCUT2D eigenvalue weighted by Crippen LogP contribution is 2.31. The summed E-state index contributed by atoms with van der Waals surface area (Å²) in [5.74, 6) is -0.310. The third-order valence-corrected chi connectivity index (χ3v) is 4.98. The number of rotatable bonds is 4. The van der Waals surface area contributed by atoms with Gasteiger partial charge in [-0.1, -0.05) is 0 Å². The van der Waals surface area contributed by atoms with Crippen molar-refractivity contribution in [2.24, 2.45) is 0 Å². The molecule has 0 aromatic heterocycles. The maximum atomic E-state index is 11.6. The Bertz CT molecular complexity index is 301. The number of hydrogen-bond donors (Lipinski definition) is 0. The molecule has 1 rings (SSSR count). The quantitative estimate of drug-likeness (QED) is 0.567. The predicted octanol–water partition coefficient (Wildman–Crippen LogP) is 0.707. The summed E-state index contributed by atoms with van der Waals surface area (Å²) < 4.78 is 24.2. The fourth-order valence-electron chi connectivity index (χ4n) is 1.11. The largest absolute Gasteiger partial charge is 0.308 e. The van der Waals surface area contributed by atoms with Crippen molar-refractivity contribution in [2.75, 3.05) is 6.54 Å². The summed E-state index contributed by atoms with van der Waals surface area (Å²) in [7, 11) is -3.31. The van der Waals surface area contributed by atoms with E-state index in [2.05, 4.69) is 0 Å². The van der Waals surface area contributed by atoms with Crippen LogP contribution in [0.15, 0.2) is 0 Å². The van der Waals surface area contributed by atoms with Crippen LogP contribution < -0.4 is 0 Å². The highest BCUT2D eigenvalue weighted by atomic mass is 127. The molecule has 1 amide bonds. The summed E-state index contributed by atoms with van der Waals surface area (Å²) in [6.07, 6.45) is 1.40. The molecule has 0 aliphatic heterocycles. The normalized spacial score (nSPS) is 16.8. The minimum atomic E-state index is -3.31. The van der Waals surface area contributed by atoms with Crippen molar-refractivity contribution in [3.63, 3.8) is 0 Å². The lowest BCUT2D eigenvalue weighted by atomic mass is 10.1. The Morgan fingerprint density at radius 3 is 2.46 bits per heavy atom. The van der Waals surface area contributed by atoms with Crippen molar-refractivity contribution in [1.82, 2.24) is 4.31 Å². The summed E-state index contributed by atoms with van der Waals surface area (Å²) in [6.45, 7) is 1.94. The second-order valence-electron chi connectivity index (χ2n) is 2.94. The minimum Gasteiger partial charge on any atom is -0.286 e. The Balaban J connectivity index is 2.81. The first-order valence-corrected chi connectivity index (χ1v) is 7.17. The van der Waals surface area contributed by atoms with E-state index in [1.165, 1.54) is 0 Å². The molecule has 1 saturated carbocycles. The van der Waals surface area contributed by atoms with Crippen molar-refractivity contribution in [1.29, 1.82) is 0 Å². The average Bonchev–Trinajstić information content (AvgIpc) is 2.86. The summed E-state index contributed by atoms with van der Waals surface area (Å²) in [5, 5.41) is -0.0725. The molecule has 1 aliphatic carbocycles. The number of amides is 1. The Morgan fingerprint density at radius 1 is 1.62 bits per heavy atom. The van der Waals surface area contributed by atoms with Gasteiger partial charge in [0.05, 0.1) is 5.25 Å². The highest BCUT2D eigenvalue weighted by Gasteiger charge is 2.41. The Morgan fingerprint density at radius 2 is 2.15 bits per heavy atom. The first-order valence-electron chi connectivity index (χ1n) is 4.14. The highest BCUT2D eigenvalue weighted by molar-refractivity contribution is 14.1. The molecule has 0 aromatic carbocycles. The van der Waals surface area contributed by atoms with Crippen molar-refractivity contribution in [3.05, 3.63) is 0 Å². The van der Waals surface area contributed by atoms with E-state index in [1.807, 2.05) is 22.4 Å². The van der Waals surface area contributed by atoms with E-state index in [-0.39, 0.29) is 22.7 Å². The summed E-state index contributed by atoms with van der Waals surface area (Å²) >= 11 is 1.88. The van der Waals surface area contributed by atoms with Gasteiger partial charge in [0.1, 0.15) is 0 Å². The lowest BCUT2D eigenvalue weighted by molar-refractivity contribution is 0.245. The fraction of sp³-hybridized carbons (Fsp3) is 0.833. The molecule has 0 saturated heterocycles. The van der Waals surface area contributed by atoms with E-state index in [0.717, 1.165) is 4.31 Å². The van der Waals surface area contributed by atoms with Crippen molar-refractivity contribution >= 4 is 43.3 Å². The maximum absolute atomic E-state index is 11.6. The lowest BCUT2D eigenvalue weighted by Gasteiger charge is -2.19. The van der Waals surface area contributed by atoms with Crippen LogP contribution in [0.2, 0.25) is 0 Å². The van der Waals surface area contributed by atoms with E-state index < -0.39 is 10.0 Å². The molecule has 13 heavy (non-hydrogen) atoms. The average molecular weight is 315 g/mol. The van der Waals surface area contributed by atoms with Crippen LogP contribution in [-0.2, 0) is 10.0 Å². The van der Waals surface area contributed by atoms with Crippen molar-refractivity contribution in [2.45, 2.75) is 25.0 Å². The molecule has 1 aliphatic rings. The van der Waals surface area contributed by atoms with Gasteiger partial charge in [-0.2, -0.15) is 0 Å². The minimum absolute atomic E-state index is 0.220. The molecule has 0 radical (unpaired) electrons. The van der Waals surface area contributed by atoms with Gasteiger partial charge in [0.15, 0.2) is 5.81 Å². The van der Waals surface area contributed by atoms with Crippen LogP contribution in [0.5, 0.6) is 0 Å². The Kier molecular flexibility index (Phi) is 3.61. The van der Waals surface area contributed by atoms with Crippen LogP contribution in [0.25, 0.3) is 0 Å². The smallest absolute Gasteiger partial charge is 0.286 e. The van der Waals surface area contributed by atoms with Gasteiger partial charge < -0.3 is 0 Å². The molecule has 0 bridgehead atoms. The van der Waals surface area contributed by atoms with Crippen LogP contribution in [0.4, 0.5) is 4.79 Å². The summed E-state index contributed by atoms with van der Waals surface area (Å²) in [5.41, 5.74) is 0. The second-order valence-corrected chi connectivity index (χ2v) is 5.84. The number of nitrogens with zero attached hydrogens (tertiary/aromatic N) is 1. The summed E-state index contributed by atoms with van der Waals surface area (Å²) in [4.78, 5) is 11.3. The zero-order chi connectivity index (χ0) is 10.1. The summed E-state index contributed by atoms with van der Waals surface area (Å²) in [6, 6.07) is 0. The van der Waals surface area contributed by atoms with E-state index in [4.69, 9.17) is 0 Å². The van der Waals surface area contributed by atoms with Crippen LogP contribution >= 0.6 is 22.4 Å². The molecular formula is C6H11BINO3S. The topological polar surface area (TPSA) is 54.5 Å². The molecular weight excluding hydrogens is 304 g/mol. The first kappa shape index (κ1) is 11.3. The molecule has 0 aromatic rings. The standard InChI is InChI=1S/C6H11BINO3S/c1-2-9(6(10)7-8)13(11,12)5-3-4-5/h5,7H,2-4H2,1H3. The first-order chi connectivity index (χ1) is 6.04. The van der Waals surface area contributed by atoms with Gasteiger partial charge in [0.2, 0.25) is 10.0 Å². The van der Waals surface area contributed by atoms with Gasteiger partial charge >= 0.3 is 5.14 Å². The van der Waals surface area contributed by atoms with E-state index in [9.17, 15) is 13.2 Å². The van der Waals surface area contributed by atoms with Gasteiger partial charge in [-0.05, 0) is 19.8 Å². The van der Waals surface area contributed by atoms with Gasteiger partial charge in [0, 0.05) is 6.54 Å². The Hall–Kier alpha value is 0.215. The maximum Gasteiger partial charge on any atom is 0.308 e. The Labute approximate surface area is 92.2 Å². The van der Waals surface area contributed by atoms with Crippen LogP contribution in [-0.4, -0.2) is 35.5 Å². The SMILES string of the molecule is CCN(C(=O)BI)S(=O)(=O)C1CC1. The molecule has 4 nitrogen and oxygen atoms in total. The number of halogens is 1. The molecule has 74 valence electrons. The predicted molar refractivity (Wildman–Crippen MR) is 60.9 cm³/mol. The van der Waals surface area contributed by atoms with Gasteiger partial charge in [0.25, 0.3) is 0 Å². The molecule has 0 N–H and O–H groups in total. The lowest BCUT2D eigenvalue weighted by Crippen LogP contribution is -2.39. The van der Waals surface area contributed by atoms with Gasteiger partial charge in [-0.15, -0.1) is 22.4 Å². The number of hydrogen-bond acceptors (Lipinski definition) is 3. The molecule has 1 fully saturated rings. The van der Waals surface area contributed by atoms with Gasteiger partial charge in [-0.3, -0.25) is 4.79 Å². The monoisotopic (exact) mass is 315 g/mol. The van der Waals surface area contributed by atoms with Gasteiger partial charge in [-0.25, -0.2) is 12.7 Å². The van der Waals surface area contributed by atoms with Crippen LogP contribution in [0, 0.1) is 0 Å². The number of carbonyl (C=O) groups excluding carboxylic acids is 1. The van der Waals surface area contributed by atoms with Crippen molar-refractivity contribution < 1.29 is 13.2 Å². The third-order valence-electron chi connectivity index (χ3n) is 1.93. The number of sulfonamides is 1. The van der Waals surface area contributed by atoms with Crippen LogP contribution in [0.1, 0.15) is 19.8 Å². The van der Waals surface area contributed by atoms with E-state index in [1.54, 1.807) is 6.92 Å². The molecule has 0 unspecified atom stereocenters. The third kappa shape index (κ3) is 2.36. The van der Waals surface area contributed by atoms with E-state index >= 15 is 0 Å². The van der Waals surface area contributed by atoms with Crippen molar-refractivity contribution in [3.8, 4) is 0 Å². The molecule has 0 spiro atoms. The zero-order valence-corrected chi connectivity index (χ0v) is 10.3. The second kappa shape index (κ2) is 4.16. The zero-order valence-electron chi connectivity index (χ0n) is 7.36. The molecule has 0 atom stereocenters. The number of carbonyl (C=O) groups is 1.